The molecule has 1 N–H and O–H groups in total. The normalized spacial score (nSPS) is 11.1. The lowest BCUT2D eigenvalue weighted by atomic mass is 10.1. The summed E-state index contributed by atoms with van der Waals surface area (Å²) in [4.78, 5) is 23.4. The van der Waals surface area contributed by atoms with Crippen LogP contribution in [-0.4, -0.2) is 33.3 Å². The van der Waals surface area contributed by atoms with Gasteiger partial charge < -0.3 is 4.74 Å². The van der Waals surface area contributed by atoms with Crippen LogP contribution in [0.15, 0.2) is 59.5 Å². The summed E-state index contributed by atoms with van der Waals surface area (Å²) in [5, 5.41) is 0.0889. The fourth-order valence-corrected chi connectivity index (χ4v) is 3.50. The van der Waals surface area contributed by atoms with E-state index < -0.39 is 16.0 Å². The molecule has 25 heavy (non-hydrogen) atoms. The smallest absolute Gasteiger partial charge is 0.307 e. The molecular weight excluding hydrogens is 366 g/mol. The molecule has 0 aliphatic rings. The Morgan fingerprint density at radius 1 is 1.00 bits per heavy atom. The number of carbonyl (C=O) groups is 2. The molecule has 0 amide bonds. The van der Waals surface area contributed by atoms with Gasteiger partial charge in [-0.3, -0.25) is 9.59 Å². The van der Waals surface area contributed by atoms with E-state index in [2.05, 4.69) is 4.72 Å². The third kappa shape index (κ3) is 5.67. The molecule has 0 saturated carbocycles. The summed E-state index contributed by atoms with van der Waals surface area (Å²) < 4.78 is 31.3. The average molecular weight is 382 g/mol. The SMILES string of the molecule is O=C(CCNS(=O)(=O)c1ccccc1Cl)OCC(=O)c1ccccc1. The molecule has 8 heteroatoms. The van der Waals surface area contributed by atoms with Crippen LogP contribution in [0.1, 0.15) is 16.8 Å². The minimum Gasteiger partial charge on any atom is -0.457 e. The van der Waals surface area contributed by atoms with E-state index in [1.165, 1.54) is 12.1 Å². The molecule has 0 aliphatic carbocycles. The van der Waals surface area contributed by atoms with Crippen molar-refractivity contribution in [2.45, 2.75) is 11.3 Å². The highest BCUT2D eigenvalue weighted by Gasteiger charge is 2.17. The summed E-state index contributed by atoms with van der Waals surface area (Å²) in [6, 6.07) is 14.4. The quantitative estimate of drug-likeness (QED) is 0.560. The number of esters is 1. The van der Waals surface area contributed by atoms with Crippen molar-refractivity contribution in [2.24, 2.45) is 0 Å². The molecule has 0 saturated heterocycles. The first-order valence-corrected chi connectivity index (χ1v) is 9.24. The molecule has 2 aromatic carbocycles. The van der Waals surface area contributed by atoms with Gasteiger partial charge in [0.15, 0.2) is 12.4 Å². The summed E-state index contributed by atoms with van der Waals surface area (Å²) in [5.41, 5.74) is 0.440. The average Bonchev–Trinajstić information content (AvgIpc) is 2.60. The Morgan fingerprint density at radius 3 is 2.32 bits per heavy atom. The molecule has 0 aliphatic heterocycles. The Kier molecular flexibility index (Phi) is 6.69. The van der Waals surface area contributed by atoms with Crippen molar-refractivity contribution in [3.63, 3.8) is 0 Å². The van der Waals surface area contributed by atoms with Crippen LogP contribution in [0.2, 0.25) is 5.02 Å². The van der Waals surface area contributed by atoms with E-state index >= 15 is 0 Å². The molecular formula is C17H16ClNO5S. The van der Waals surface area contributed by atoms with Crippen molar-refractivity contribution in [2.75, 3.05) is 13.2 Å². The van der Waals surface area contributed by atoms with Gasteiger partial charge in [-0.05, 0) is 12.1 Å². The van der Waals surface area contributed by atoms with E-state index in [4.69, 9.17) is 16.3 Å². The van der Waals surface area contributed by atoms with E-state index in [1.54, 1.807) is 42.5 Å². The second-order valence-corrected chi connectivity index (χ2v) is 7.17. The second-order valence-electron chi connectivity index (χ2n) is 5.03. The largest absolute Gasteiger partial charge is 0.457 e. The van der Waals surface area contributed by atoms with Crippen LogP contribution in [0, 0.1) is 0 Å². The maximum Gasteiger partial charge on any atom is 0.307 e. The van der Waals surface area contributed by atoms with E-state index in [9.17, 15) is 18.0 Å². The van der Waals surface area contributed by atoms with Crippen LogP contribution in [-0.2, 0) is 19.6 Å². The molecule has 2 rings (SSSR count). The van der Waals surface area contributed by atoms with Crippen LogP contribution in [0.4, 0.5) is 0 Å². The molecule has 0 spiro atoms. The molecule has 0 aromatic heterocycles. The molecule has 0 fully saturated rings. The van der Waals surface area contributed by atoms with Gasteiger partial charge in [-0.25, -0.2) is 13.1 Å². The van der Waals surface area contributed by atoms with Crippen LogP contribution < -0.4 is 4.72 Å². The third-order valence-corrected chi connectivity index (χ3v) is 5.17. The molecule has 6 nitrogen and oxygen atoms in total. The number of Topliss-reactive ketones (excluding diaryl/α,β-unsaturated/α-hetero) is 1. The number of benzene rings is 2. The highest BCUT2D eigenvalue weighted by molar-refractivity contribution is 7.89. The lowest BCUT2D eigenvalue weighted by Gasteiger charge is -2.08. The first kappa shape index (κ1) is 19.1. The van der Waals surface area contributed by atoms with E-state index in [0.717, 1.165) is 0 Å². The highest BCUT2D eigenvalue weighted by atomic mass is 35.5. The Bertz CT molecular complexity index is 852. The maximum atomic E-state index is 12.1. The summed E-state index contributed by atoms with van der Waals surface area (Å²) in [7, 11) is -3.82. The van der Waals surface area contributed by atoms with Crippen molar-refractivity contribution in [3.05, 3.63) is 65.2 Å². The zero-order valence-electron chi connectivity index (χ0n) is 13.1. The molecule has 132 valence electrons. The topological polar surface area (TPSA) is 89.5 Å². The number of ether oxygens (including phenoxy) is 1. The number of halogens is 1. The molecule has 0 atom stereocenters. The van der Waals surface area contributed by atoms with E-state index in [0.29, 0.717) is 5.56 Å². The molecule has 0 bridgehead atoms. The number of carbonyl (C=O) groups excluding carboxylic acids is 2. The van der Waals surface area contributed by atoms with E-state index in [-0.39, 0.29) is 35.3 Å². The zero-order chi connectivity index (χ0) is 18.3. The first-order valence-electron chi connectivity index (χ1n) is 7.38. The predicted molar refractivity (Wildman–Crippen MR) is 93.0 cm³/mol. The van der Waals surface area contributed by atoms with Gasteiger partial charge in [0.1, 0.15) is 4.90 Å². The second kappa shape index (κ2) is 8.75. The number of rotatable bonds is 8. The third-order valence-electron chi connectivity index (χ3n) is 3.21. The van der Waals surface area contributed by atoms with Gasteiger partial charge >= 0.3 is 5.97 Å². The Labute approximate surface area is 150 Å². The highest BCUT2D eigenvalue weighted by Crippen LogP contribution is 2.19. The number of sulfonamides is 1. The van der Waals surface area contributed by atoms with Gasteiger partial charge in [-0.1, -0.05) is 54.1 Å². The van der Waals surface area contributed by atoms with Gasteiger partial charge in [-0.15, -0.1) is 0 Å². The van der Waals surface area contributed by atoms with Gasteiger partial charge in [0, 0.05) is 12.1 Å². The van der Waals surface area contributed by atoms with Crippen LogP contribution in [0.3, 0.4) is 0 Å². The predicted octanol–water partition coefficient (Wildman–Crippen LogP) is 2.43. The summed E-state index contributed by atoms with van der Waals surface area (Å²) in [6.45, 7) is -0.550. The van der Waals surface area contributed by atoms with Crippen molar-refractivity contribution >= 4 is 33.4 Å². The van der Waals surface area contributed by atoms with Gasteiger partial charge in [-0.2, -0.15) is 0 Å². The van der Waals surface area contributed by atoms with Crippen LogP contribution in [0.5, 0.6) is 0 Å². The standard InChI is InChI=1S/C17H16ClNO5S/c18-14-8-4-5-9-16(14)25(22,23)19-11-10-17(21)24-12-15(20)13-6-2-1-3-7-13/h1-9,19H,10-12H2. The molecule has 2 aromatic rings. The summed E-state index contributed by atoms with van der Waals surface area (Å²) in [5.74, 6) is -1.00. The van der Waals surface area contributed by atoms with Gasteiger partial charge in [0.25, 0.3) is 0 Å². The van der Waals surface area contributed by atoms with Crippen LogP contribution >= 0.6 is 11.6 Å². The van der Waals surface area contributed by atoms with Crippen molar-refractivity contribution in [1.29, 1.82) is 0 Å². The minimum atomic E-state index is -3.82. The number of nitrogens with one attached hydrogen (secondary N) is 1. The van der Waals surface area contributed by atoms with Crippen molar-refractivity contribution < 1.29 is 22.7 Å². The minimum absolute atomic E-state index is 0.0655. The Hall–Kier alpha value is -2.22. The molecule has 0 radical (unpaired) electrons. The van der Waals surface area contributed by atoms with Crippen molar-refractivity contribution in [3.8, 4) is 0 Å². The number of ketones is 1. The Balaban J connectivity index is 1.79. The fraction of sp³-hybridized carbons (Fsp3) is 0.176. The molecule has 0 unspecified atom stereocenters. The van der Waals surface area contributed by atoms with E-state index in [1.807, 2.05) is 0 Å². The number of hydrogen-bond acceptors (Lipinski definition) is 5. The fourth-order valence-electron chi connectivity index (χ4n) is 1.95. The Morgan fingerprint density at radius 2 is 1.64 bits per heavy atom. The summed E-state index contributed by atoms with van der Waals surface area (Å²) in [6.07, 6.45) is -0.203. The lowest BCUT2D eigenvalue weighted by Crippen LogP contribution is -2.27. The first-order chi connectivity index (χ1) is 11.9. The summed E-state index contributed by atoms with van der Waals surface area (Å²) >= 11 is 5.84. The lowest BCUT2D eigenvalue weighted by molar-refractivity contribution is -0.142. The monoisotopic (exact) mass is 381 g/mol. The van der Waals surface area contributed by atoms with Crippen molar-refractivity contribution in [1.82, 2.24) is 4.72 Å². The van der Waals surface area contributed by atoms with Gasteiger partial charge in [0.2, 0.25) is 10.0 Å². The number of hydrogen-bond donors (Lipinski definition) is 1. The van der Waals surface area contributed by atoms with Gasteiger partial charge in [0.05, 0.1) is 11.4 Å². The maximum absolute atomic E-state index is 12.1. The van der Waals surface area contributed by atoms with Crippen LogP contribution in [0.25, 0.3) is 0 Å². The molecule has 0 heterocycles. The zero-order valence-corrected chi connectivity index (χ0v) is 14.7.